The number of fused-ring (bicyclic) bond motifs is 1. The molecule has 1 aromatic heterocycles. The number of carbonyl (C=O) groups excluding carboxylic acids is 1. The summed E-state index contributed by atoms with van der Waals surface area (Å²) in [7, 11) is 1.62. The van der Waals surface area contributed by atoms with Gasteiger partial charge < -0.3 is 15.3 Å². The van der Waals surface area contributed by atoms with Gasteiger partial charge >= 0.3 is 6.18 Å². The van der Waals surface area contributed by atoms with Crippen LogP contribution in [-0.2, 0) is 17.5 Å². The summed E-state index contributed by atoms with van der Waals surface area (Å²) in [6.07, 6.45) is -2.04. The molecule has 206 valence electrons. The number of piperazine rings is 1. The smallest absolute Gasteiger partial charge is 0.367 e. The number of aromatic nitrogens is 2. The quantitative estimate of drug-likeness (QED) is 0.478. The zero-order valence-corrected chi connectivity index (χ0v) is 22.5. The molecule has 5 rings (SSSR count). The molecule has 2 N–H and O–H groups in total. The molecule has 0 bridgehead atoms. The van der Waals surface area contributed by atoms with Gasteiger partial charge in [0.25, 0.3) is 0 Å². The molecule has 0 aliphatic carbocycles. The van der Waals surface area contributed by atoms with Crippen LogP contribution in [0.4, 0.5) is 13.2 Å². The van der Waals surface area contributed by atoms with Crippen molar-refractivity contribution in [3.63, 3.8) is 0 Å². The minimum atomic E-state index is -4.53. The lowest BCUT2D eigenvalue weighted by atomic mass is 10.1. The fraction of sp³-hybridized carbons (Fsp3) is 0.346. The van der Waals surface area contributed by atoms with Crippen molar-refractivity contribution in [2.24, 2.45) is 4.99 Å². The number of aliphatic imine (C=N–C) groups is 1. The van der Waals surface area contributed by atoms with Gasteiger partial charge in [-0.05, 0) is 41.5 Å². The second-order valence-corrected chi connectivity index (χ2v) is 10.8. The maximum absolute atomic E-state index is 13.5. The number of nitrogens with zero attached hydrogens (tertiary/aromatic N) is 5. The van der Waals surface area contributed by atoms with Crippen LogP contribution in [0, 0.1) is 0 Å². The van der Waals surface area contributed by atoms with Crippen LogP contribution in [0.1, 0.15) is 16.7 Å². The summed E-state index contributed by atoms with van der Waals surface area (Å²) in [6, 6.07) is 9.25. The first-order valence-electron chi connectivity index (χ1n) is 12.2. The molecule has 2 aliphatic heterocycles. The Hall–Kier alpha value is -3.06. The third-order valence-corrected chi connectivity index (χ3v) is 8.00. The number of hydrogen-bond donors (Lipinski definition) is 2. The number of nitrogens with one attached hydrogen (secondary N) is 1. The molecule has 1 unspecified atom stereocenters. The Kier molecular flexibility index (Phi) is 7.90. The minimum absolute atomic E-state index is 0.0183. The number of alkyl halides is 3. The number of benzene rings is 2. The molecule has 2 aliphatic rings. The molecule has 2 aromatic carbocycles. The molecule has 3 heterocycles. The van der Waals surface area contributed by atoms with Crippen molar-refractivity contribution in [2.45, 2.75) is 18.9 Å². The molecule has 0 radical (unpaired) electrons. The number of carbonyl (C=O) groups is 1. The number of thioether (sulfide) groups is 1. The molecule has 1 atom stereocenters. The van der Waals surface area contributed by atoms with Crippen LogP contribution < -0.4 is 5.32 Å². The topological polar surface area (TPSA) is 86.0 Å². The zero-order valence-electron chi connectivity index (χ0n) is 21.0. The van der Waals surface area contributed by atoms with Crippen molar-refractivity contribution in [1.29, 1.82) is 0 Å². The van der Waals surface area contributed by atoms with E-state index >= 15 is 0 Å². The van der Waals surface area contributed by atoms with Crippen molar-refractivity contribution < 1.29 is 23.1 Å². The molecule has 0 spiro atoms. The van der Waals surface area contributed by atoms with E-state index in [1.165, 1.54) is 28.6 Å². The highest BCUT2D eigenvalue weighted by Gasteiger charge is 2.34. The summed E-state index contributed by atoms with van der Waals surface area (Å²) in [5.41, 5.74) is 0.799. The van der Waals surface area contributed by atoms with Crippen molar-refractivity contribution >= 4 is 51.4 Å². The normalized spacial score (nSPS) is 19.6. The van der Waals surface area contributed by atoms with Crippen molar-refractivity contribution in [3.05, 3.63) is 69.2 Å². The third kappa shape index (κ3) is 6.24. The van der Waals surface area contributed by atoms with Crippen LogP contribution >= 0.6 is 23.4 Å². The molecular formula is C26H26ClF3N6O2S. The number of likely N-dealkylation sites (N-methyl/N-ethyl adjacent to an activating group) is 1. The maximum Gasteiger partial charge on any atom is 0.416 e. The van der Waals surface area contributed by atoms with Crippen LogP contribution in [-0.4, -0.2) is 81.8 Å². The fourth-order valence-electron chi connectivity index (χ4n) is 4.58. The Balaban J connectivity index is 1.27. The molecule has 39 heavy (non-hydrogen) atoms. The second kappa shape index (κ2) is 11.2. The second-order valence-electron chi connectivity index (χ2n) is 9.29. The van der Waals surface area contributed by atoms with Gasteiger partial charge in [0, 0.05) is 48.5 Å². The van der Waals surface area contributed by atoms with E-state index in [-0.39, 0.29) is 23.0 Å². The third-order valence-electron chi connectivity index (χ3n) is 6.66. The number of rotatable bonds is 5. The van der Waals surface area contributed by atoms with Gasteiger partial charge in [0.05, 0.1) is 30.4 Å². The highest BCUT2D eigenvalue weighted by molar-refractivity contribution is 8.17. The lowest BCUT2D eigenvalue weighted by Crippen LogP contribution is -2.50. The number of halogens is 4. The average molecular weight is 579 g/mol. The first kappa shape index (κ1) is 27.5. The van der Waals surface area contributed by atoms with Gasteiger partial charge in [-0.15, -0.1) is 0 Å². The van der Waals surface area contributed by atoms with E-state index in [0.29, 0.717) is 30.1 Å². The van der Waals surface area contributed by atoms with Gasteiger partial charge in [-0.3, -0.25) is 14.4 Å². The number of aliphatic hydroxyl groups excluding tert-OH is 1. The first-order chi connectivity index (χ1) is 18.6. The summed E-state index contributed by atoms with van der Waals surface area (Å²) in [4.78, 5) is 20.9. The molecule has 8 nitrogen and oxygen atoms in total. The first-order valence-corrected chi connectivity index (χ1v) is 13.4. The van der Waals surface area contributed by atoms with Crippen LogP contribution in [0.15, 0.2) is 52.5 Å². The maximum atomic E-state index is 13.5. The summed E-state index contributed by atoms with van der Waals surface area (Å²) >= 11 is 7.21. The van der Waals surface area contributed by atoms with Crippen molar-refractivity contribution in [1.82, 2.24) is 24.9 Å². The predicted octanol–water partition coefficient (Wildman–Crippen LogP) is 3.88. The minimum Gasteiger partial charge on any atom is -0.367 e. The van der Waals surface area contributed by atoms with Crippen LogP contribution in [0.5, 0.6) is 0 Å². The monoisotopic (exact) mass is 578 g/mol. The van der Waals surface area contributed by atoms with E-state index in [1.807, 2.05) is 18.2 Å². The highest BCUT2D eigenvalue weighted by Crippen LogP contribution is 2.35. The Bertz CT molecular complexity index is 1450. The highest BCUT2D eigenvalue weighted by atomic mass is 35.5. The van der Waals surface area contributed by atoms with E-state index in [0.717, 1.165) is 35.3 Å². The Morgan fingerprint density at radius 2 is 1.97 bits per heavy atom. The lowest BCUT2D eigenvalue weighted by Gasteiger charge is -2.34. The van der Waals surface area contributed by atoms with Gasteiger partial charge in [-0.2, -0.15) is 18.3 Å². The summed E-state index contributed by atoms with van der Waals surface area (Å²) < 4.78 is 42.1. The fourth-order valence-corrected chi connectivity index (χ4v) is 5.78. The number of amides is 1. The van der Waals surface area contributed by atoms with Crippen molar-refractivity contribution in [3.8, 4) is 0 Å². The Morgan fingerprint density at radius 1 is 1.21 bits per heavy atom. The molecule has 13 heteroatoms. The van der Waals surface area contributed by atoms with Crippen LogP contribution in [0.25, 0.3) is 17.0 Å². The van der Waals surface area contributed by atoms with E-state index in [9.17, 15) is 23.1 Å². The molecule has 0 saturated carbocycles. The Labute approximate surface area is 232 Å². The zero-order chi connectivity index (χ0) is 27.7. The van der Waals surface area contributed by atoms with Gasteiger partial charge in [-0.1, -0.05) is 35.5 Å². The van der Waals surface area contributed by atoms with E-state index in [4.69, 9.17) is 11.6 Å². The van der Waals surface area contributed by atoms with Gasteiger partial charge in [0.15, 0.2) is 11.4 Å². The molecular weight excluding hydrogens is 553 g/mol. The van der Waals surface area contributed by atoms with Crippen LogP contribution in [0.3, 0.4) is 0 Å². The summed E-state index contributed by atoms with van der Waals surface area (Å²) in [5, 5.41) is 19.0. The van der Waals surface area contributed by atoms with E-state index in [1.54, 1.807) is 19.3 Å². The average Bonchev–Trinajstić information content (AvgIpc) is 3.47. The van der Waals surface area contributed by atoms with Gasteiger partial charge in [0.2, 0.25) is 5.91 Å². The van der Waals surface area contributed by atoms with Gasteiger partial charge in [0.1, 0.15) is 0 Å². The molecule has 1 amide bonds. The van der Waals surface area contributed by atoms with Gasteiger partial charge in [-0.25, -0.2) is 4.99 Å². The van der Waals surface area contributed by atoms with E-state index in [2.05, 4.69) is 25.2 Å². The SMILES string of the molecule is CNC(=O)CN1CCN(C2=NC(O)C(=Cc3ccc4c(cnn4Cc4ccc(Cl)cc4C(F)(F)F)c3)S2)CC1. The molecule has 1 saturated heterocycles. The van der Waals surface area contributed by atoms with Crippen molar-refractivity contribution in [2.75, 3.05) is 39.8 Å². The largest absolute Gasteiger partial charge is 0.416 e. The lowest BCUT2D eigenvalue weighted by molar-refractivity contribution is -0.138. The van der Waals surface area contributed by atoms with E-state index < -0.39 is 18.0 Å². The number of aliphatic hydroxyl groups is 1. The predicted molar refractivity (Wildman–Crippen MR) is 146 cm³/mol. The molecule has 3 aromatic rings. The van der Waals surface area contributed by atoms with Crippen LogP contribution in [0.2, 0.25) is 5.02 Å². The standard InChI is InChI=1S/C26H26ClF3N6O2S/c1-31-23(37)15-34-6-8-35(9-7-34)25-33-24(38)22(39-25)11-16-2-5-21-18(10-16)13-32-36(21)14-17-3-4-19(27)12-20(17)26(28,29)30/h2-5,10-13,24,38H,6-9,14-15H2,1H3,(H,31,37). The summed E-state index contributed by atoms with van der Waals surface area (Å²) in [5.74, 6) is -0.0183. The number of amidine groups is 1. The number of hydrogen-bond acceptors (Lipinski definition) is 7. The molecule has 1 fully saturated rings. The Morgan fingerprint density at radius 3 is 2.69 bits per heavy atom. The summed E-state index contributed by atoms with van der Waals surface area (Å²) in [6.45, 7) is 3.17.